The highest BCUT2D eigenvalue weighted by molar-refractivity contribution is 7.17. The van der Waals surface area contributed by atoms with Gasteiger partial charge in [0.2, 0.25) is 0 Å². The second-order valence-electron chi connectivity index (χ2n) is 4.56. The van der Waals surface area contributed by atoms with Crippen LogP contribution in [0.4, 0.5) is 5.82 Å². The molecule has 3 N–H and O–H groups in total. The Morgan fingerprint density at radius 2 is 2.24 bits per heavy atom. The van der Waals surface area contributed by atoms with Crippen molar-refractivity contribution in [3.8, 4) is 0 Å². The highest BCUT2D eigenvalue weighted by Gasteiger charge is 2.14. The Hall–Kier alpha value is -1.13. The third kappa shape index (κ3) is 2.76. The molecule has 0 amide bonds. The number of thiophene rings is 1. The van der Waals surface area contributed by atoms with Crippen LogP contribution in [0, 0.1) is 5.92 Å². The maximum atomic E-state index is 5.66. The summed E-state index contributed by atoms with van der Waals surface area (Å²) >= 11 is 1.75. The molecule has 4 heteroatoms. The highest BCUT2D eigenvalue weighted by Crippen LogP contribution is 2.27. The molecule has 0 saturated heterocycles. The molecule has 1 atom stereocenters. The first-order valence-electron chi connectivity index (χ1n) is 6.01. The fourth-order valence-corrected chi connectivity index (χ4v) is 2.72. The molecule has 0 fully saturated rings. The summed E-state index contributed by atoms with van der Waals surface area (Å²) in [5.74, 6) is 1.53. The summed E-state index contributed by atoms with van der Waals surface area (Å²) in [7, 11) is 0. The Kier molecular flexibility index (Phi) is 3.97. The Bertz CT molecular complexity index is 478. The van der Waals surface area contributed by atoms with E-state index in [1.807, 2.05) is 6.20 Å². The number of nitrogens with two attached hydrogens (primary N) is 1. The average molecular weight is 249 g/mol. The van der Waals surface area contributed by atoms with Gasteiger partial charge in [0.1, 0.15) is 5.82 Å². The molecule has 0 saturated carbocycles. The van der Waals surface area contributed by atoms with Gasteiger partial charge in [-0.2, -0.15) is 0 Å². The van der Waals surface area contributed by atoms with E-state index < -0.39 is 0 Å². The molecule has 2 aromatic heterocycles. The van der Waals surface area contributed by atoms with E-state index in [4.69, 9.17) is 5.73 Å². The Balaban J connectivity index is 2.24. The lowest BCUT2D eigenvalue weighted by molar-refractivity contribution is 0.498. The van der Waals surface area contributed by atoms with E-state index in [-0.39, 0.29) is 0 Å². The highest BCUT2D eigenvalue weighted by atomic mass is 32.1. The molecular weight excluding hydrogens is 230 g/mol. The first-order valence-corrected chi connectivity index (χ1v) is 6.89. The molecular formula is C13H19N3S. The van der Waals surface area contributed by atoms with E-state index in [9.17, 15) is 0 Å². The molecule has 92 valence electrons. The van der Waals surface area contributed by atoms with Crippen molar-refractivity contribution in [3.05, 3.63) is 23.7 Å². The maximum absolute atomic E-state index is 5.66. The van der Waals surface area contributed by atoms with Gasteiger partial charge in [-0.05, 0) is 36.4 Å². The molecule has 0 aliphatic carbocycles. The molecule has 3 nitrogen and oxygen atoms in total. The van der Waals surface area contributed by atoms with Crippen LogP contribution in [0.1, 0.15) is 20.3 Å². The fourth-order valence-electron chi connectivity index (χ4n) is 1.94. The first-order chi connectivity index (χ1) is 8.22. The molecule has 0 bridgehead atoms. The predicted octanol–water partition coefficient (Wildman–Crippen LogP) is 3.08. The standard InChI is InChI=1S/C13H19N3S/c1-9(2)11(3-6-14)16-13-10-5-8-17-12(10)4-7-15-13/h4-5,7-9,11H,3,6,14H2,1-2H3,(H,15,16). The van der Waals surface area contributed by atoms with Crippen LogP contribution in [0.2, 0.25) is 0 Å². The summed E-state index contributed by atoms with van der Waals surface area (Å²) in [6.07, 6.45) is 2.83. The minimum absolute atomic E-state index is 0.387. The number of nitrogens with one attached hydrogen (secondary N) is 1. The minimum atomic E-state index is 0.387. The van der Waals surface area contributed by atoms with Crippen molar-refractivity contribution >= 4 is 27.2 Å². The van der Waals surface area contributed by atoms with E-state index in [0.717, 1.165) is 12.2 Å². The predicted molar refractivity (Wildman–Crippen MR) is 75.5 cm³/mol. The van der Waals surface area contributed by atoms with Crippen LogP contribution in [-0.4, -0.2) is 17.6 Å². The number of hydrogen-bond acceptors (Lipinski definition) is 4. The maximum Gasteiger partial charge on any atom is 0.134 e. The number of nitrogens with zero attached hydrogens (tertiary/aromatic N) is 1. The van der Waals surface area contributed by atoms with Crippen LogP contribution in [-0.2, 0) is 0 Å². The van der Waals surface area contributed by atoms with Crippen LogP contribution in [0.3, 0.4) is 0 Å². The van der Waals surface area contributed by atoms with Crippen molar-refractivity contribution in [2.24, 2.45) is 11.7 Å². The summed E-state index contributed by atoms with van der Waals surface area (Å²) in [6.45, 7) is 5.12. The lowest BCUT2D eigenvalue weighted by Gasteiger charge is -2.22. The van der Waals surface area contributed by atoms with Crippen LogP contribution < -0.4 is 11.1 Å². The molecule has 0 aliphatic heterocycles. The van der Waals surface area contributed by atoms with E-state index in [1.54, 1.807) is 11.3 Å². The van der Waals surface area contributed by atoms with Crippen molar-refractivity contribution in [1.82, 2.24) is 4.98 Å². The zero-order chi connectivity index (χ0) is 12.3. The minimum Gasteiger partial charge on any atom is -0.366 e. The SMILES string of the molecule is CC(C)C(CCN)Nc1nccc2sccc12. The van der Waals surface area contributed by atoms with Gasteiger partial charge in [0.15, 0.2) is 0 Å². The quantitative estimate of drug-likeness (QED) is 0.856. The lowest BCUT2D eigenvalue weighted by Crippen LogP contribution is -2.28. The van der Waals surface area contributed by atoms with E-state index in [1.165, 1.54) is 10.1 Å². The molecule has 0 radical (unpaired) electrons. The van der Waals surface area contributed by atoms with Gasteiger partial charge in [-0.3, -0.25) is 0 Å². The fraction of sp³-hybridized carbons (Fsp3) is 0.462. The number of anilines is 1. The van der Waals surface area contributed by atoms with Gasteiger partial charge in [0.05, 0.1) is 0 Å². The summed E-state index contributed by atoms with van der Waals surface area (Å²) in [5.41, 5.74) is 5.66. The van der Waals surface area contributed by atoms with E-state index in [2.05, 4.69) is 41.7 Å². The van der Waals surface area contributed by atoms with Gasteiger partial charge in [-0.1, -0.05) is 13.8 Å². The summed E-state index contributed by atoms with van der Waals surface area (Å²) in [6, 6.07) is 4.56. The summed E-state index contributed by atoms with van der Waals surface area (Å²) < 4.78 is 1.28. The van der Waals surface area contributed by atoms with Gasteiger partial charge < -0.3 is 11.1 Å². The third-order valence-electron chi connectivity index (χ3n) is 2.98. The Labute approximate surface area is 106 Å². The van der Waals surface area contributed by atoms with Crippen LogP contribution >= 0.6 is 11.3 Å². The lowest BCUT2D eigenvalue weighted by atomic mass is 10.0. The van der Waals surface area contributed by atoms with Crippen molar-refractivity contribution in [1.29, 1.82) is 0 Å². The second-order valence-corrected chi connectivity index (χ2v) is 5.51. The van der Waals surface area contributed by atoms with Crippen LogP contribution in [0.5, 0.6) is 0 Å². The van der Waals surface area contributed by atoms with Gasteiger partial charge in [-0.15, -0.1) is 11.3 Å². The first kappa shape index (κ1) is 12.3. The summed E-state index contributed by atoms with van der Waals surface area (Å²) in [5, 5.41) is 6.83. The zero-order valence-electron chi connectivity index (χ0n) is 10.3. The van der Waals surface area contributed by atoms with Crippen LogP contribution in [0.25, 0.3) is 10.1 Å². The van der Waals surface area contributed by atoms with Crippen molar-refractivity contribution < 1.29 is 0 Å². The van der Waals surface area contributed by atoms with Gasteiger partial charge >= 0.3 is 0 Å². The monoisotopic (exact) mass is 249 g/mol. The number of pyridine rings is 1. The van der Waals surface area contributed by atoms with Crippen molar-refractivity contribution in [3.63, 3.8) is 0 Å². The number of fused-ring (bicyclic) bond motifs is 1. The molecule has 17 heavy (non-hydrogen) atoms. The molecule has 2 rings (SSSR count). The average Bonchev–Trinajstić information content (AvgIpc) is 2.77. The Morgan fingerprint density at radius 3 is 2.94 bits per heavy atom. The largest absolute Gasteiger partial charge is 0.366 e. The van der Waals surface area contributed by atoms with E-state index >= 15 is 0 Å². The third-order valence-corrected chi connectivity index (χ3v) is 3.87. The number of rotatable bonds is 5. The normalized spacial score (nSPS) is 13.2. The van der Waals surface area contributed by atoms with Crippen molar-refractivity contribution in [2.75, 3.05) is 11.9 Å². The van der Waals surface area contributed by atoms with Gasteiger partial charge in [0.25, 0.3) is 0 Å². The number of aromatic nitrogens is 1. The van der Waals surface area contributed by atoms with Gasteiger partial charge in [-0.25, -0.2) is 4.98 Å². The van der Waals surface area contributed by atoms with Crippen LogP contribution in [0.15, 0.2) is 23.7 Å². The molecule has 1 unspecified atom stereocenters. The zero-order valence-corrected chi connectivity index (χ0v) is 11.1. The topological polar surface area (TPSA) is 50.9 Å². The van der Waals surface area contributed by atoms with E-state index in [0.29, 0.717) is 18.5 Å². The number of hydrogen-bond donors (Lipinski definition) is 2. The molecule has 0 spiro atoms. The van der Waals surface area contributed by atoms with Gasteiger partial charge in [0, 0.05) is 22.3 Å². The summed E-state index contributed by atoms with van der Waals surface area (Å²) in [4.78, 5) is 4.44. The molecule has 2 aromatic rings. The molecule has 0 aliphatic rings. The Morgan fingerprint density at radius 1 is 1.41 bits per heavy atom. The second kappa shape index (κ2) is 5.47. The molecule has 0 aromatic carbocycles. The molecule has 2 heterocycles. The van der Waals surface area contributed by atoms with Crippen molar-refractivity contribution in [2.45, 2.75) is 26.3 Å². The smallest absolute Gasteiger partial charge is 0.134 e.